The summed E-state index contributed by atoms with van der Waals surface area (Å²) in [5, 5.41) is 45.2. The van der Waals surface area contributed by atoms with Gasteiger partial charge in [-0.05, 0) is 0 Å². The second-order valence-corrected chi connectivity index (χ2v) is 3.10. The van der Waals surface area contributed by atoms with Gasteiger partial charge in [0.15, 0.2) is 0 Å². The van der Waals surface area contributed by atoms with Crippen LogP contribution in [0.2, 0.25) is 0 Å². The van der Waals surface area contributed by atoms with Gasteiger partial charge in [-0.3, -0.25) is 0 Å². The molecular formula is C7H14O6. The first-order chi connectivity index (χ1) is 6.07. The zero-order chi connectivity index (χ0) is 10.0. The molecule has 78 valence electrons. The lowest BCUT2D eigenvalue weighted by Crippen LogP contribution is -2.57. The molecule has 0 aromatic carbocycles. The van der Waals surface area contributed by atoms with Crippen molar-refractivity contribution in [2.24, 2.45) is 0 Å². The SMILES string of the molecule is OC[C@H](O)[C@H]1OC[C@H](O)[C@@H](O)[C@@H]1O. The fourth-order valence-corrected chi connectivity index (χ4v) is 1.27. The highest BCUT2D eigenvalue weighted by Crippen LogP contribution is 2.17. The van der Waals surface area contributed by atoms with Gasteiger partial charge in [0.25, 0.3) is 0 Å². The third-order valence-corrected chi connectivity index (χ3v) is 2.11. The zero-order valence-electron chi connectivity index (χ0n) is 6.95. The monoisotopic (exact) mass is 194 g/mol. The summed E-state index contributed by atoms with van der Waals surface area (Å²) in [6.07, 6.45) is -6.19. The van der Waals surface area contributed by atoms with Crippen LogP contribution in [0.25, 0.3) is 0 Å². The largest absolute Gasteiger partial charge is 0.394 e. The highest BCUT2D eigenvalue weighted by atomic mass is 16.5. The number of hydrogen-bond donors (Lipinski definition) is 5. The van der Waals surface area contributed by atoms with Crippen LogP contribution in [-0.4, -0.2) is 69.3 Å². The van der Waals surface area contributed by atoms with Crippen molar-refractivity contribution in [1.29, 1.82) is 0 Å². The summed E-state index contributed by atoms with van der Waals surface area (Å²) in [7, 11) is 0. The molecule has 1 aliphatic heterocycles. The summed E-state index contributed by atoms with van der Waals surface area (Å²) in [4.78, 5) is 0. The van der Waals surface area contributed by atoms with Crippen molar-refractivity contribution in [3.05, 3.63) is 0 Å². The average Bonchev–Trinajstić information content (AvgIpc) is 2.13. The van der Waals surface area contributed by atoms with Gasteiger partial charge >= 0.3 is 0 Å². The molecule has 5 atom stereocenters. The number of aliphatic hydroxyl groups excluding tert-OH is 5. The van der Waals surface area contributed by atoms with E-state index in [1.54, 1.807) is 0 Å². The normalized spacial score (nSPS) is 43.2. The molecule has 0 aromatic heterocycles. The van der Waals surface area contributed by atoms with E-state index in [-0.39, 0.29) is 6.61 Å². The van der Waals surface area contributed by atoms with Gasteiger partial charge in [0.1, 0.15) is 30.5 Å². The van der Waals surface area contributed by atoms with Gasteiger partial charge in [0, 0.05) is 0 Å². The fourth-order valence-electron chi connectivity index (χ4n) is 1.27. The number of hydrogen-bond acceptors (Lipinski definition) is 6. The fraction of sp³-hybridized carbons (Fsp3) is 1.00. The van der Waals surface area contributed by atoms with Crippen molar-refractivity contribution in [3.8, 4) is 0 Å². The molecular weight excluding hydrogens is 180 g/mol. The van der Waals surface area contributed by atoms with Crippen LogP contribution in [0.5, 0.6) is 0 Å². The molecule has 1 heterocycles. The quantitative estimate of drug-likeness (QED) is 0.317. The van der Waals surface area contributed by atoms with Crippen molar-refractivity contribution in [1.82, 2.24) is 0 Å². The Labute approximate surface area is 75.0 Å². The molecule has 0 saturated carbocycles. The summed E-state index contributed by atoms with van der Waals surface area (Å²) in [5.41, 5.74) is 0. The van der Waals surface area contributed by atoms with E-state index in [0.717, 1.165) is 0 Å². The number of rotatable bonds is 2. The van der Waals surface area contributed by atoms with Gasteiger partial charge in [0.05, 0.1) is 13.2 Å². The molecule has 1 fully saturated rings. The zero-order valence-corrected chi connectivity index (χ0v) is 6.95. The summed E-state index contributed by atoms with van der Waals surface area (Å²) >= 11 is 0. The first kappa shape index (κ1) is 10.8. The minimum Gasteiger partial charge on any atom is -0.394 e. The van der Waals surface area contributed by atoms with E-state index in [4.69, 9.17) is 20.1 Å². The first-order valence-corrected chi connectivity index (χ1v) is 4.02. The second kappa shape index (κ2) is 4.32. The van der Waals surface area contributed by atoms with Crippen molar-refractivity contribution >= 4 is 0 Å². The molecule has 1 saturated heterocycles. The van der Waals surface area contributed by atoms with Gasteiger partial charge < -0.3 is 30.3 Å². The van der Waals surface area contributed by atoms with Crippen LogP contribution in [0.3, 0.4) is 0 Å². The molecule has 0 amide bonds. The molecule has 1 rings (SSSR count). The number of aliphatic hydroxyl groups is 5. The van der Waals surface area contributed by atoms with E-state index in [1.807, 2.05) is 0 Å². The van der Waals surface area contributed by atoms with E-state index >= 15 is 0 Å². The molecule has 0 radical (unpaired) electrons. The predicted octanol–water partition coefficient (Wildman–Crippen LogP) is -3.18. The van der Waals surface area contributed by atoms with Crippen molar-refractivity contribution in [2.45, 2.75) is 30.5 Å². The van der Waals surface area contributed by atoms with E-state index in [1.165, 1.54) is 0 Å². The highest BCUT2D eigenvalue weighted by Gasteiger charge is 2.40. The molecule has 6 heteroatoms. The van der Waals surface area contributed by atoms with Crippen LogP contribution in [0, 0.1) is 0 Å². The molecule has 13 heavy (non-hydrogen) atoms. The lowest BCUT2D eigenvalue weighted by Gasteiger charge is -2.36. The van der Waals surface area contributed by atoms with Crippen LogP contribution >= 0.6 is 0 Å². The average molecular weight is 194 g/mol. The van der Waals surface area contributed by atoms with E-state index in [0.29, 0.717) is 0 Å². The summed E-state index contributed by atoms with van der Waals surface area (Å²) in [6, 6.07) is 0. The summed E-state index contributed by atoms with van der Waals surface area (Å²) in [6.45, 7) is -0.732. The highest BCUT2D eigenvalue weighted by molar-refractivity contribution is 4.89. The third kappa shape index (κ3) is 2.16. The van der Waals surface area contributed by atoms with E-state index in [2.05, 4.69) is 0 Å². The molecule has 0 aliphatic carbocycles. The standard InChI is InChI=1S/C7H14O6/c8-1-3(9)7-6(12)5(11)4(10)2-13-7/h3-12H,1-2H2/t3-,4-,5+,6-,7+/m0/s1. The molecule has 5 N–H and O–H groups in total. The van der Waals surface area contributed by atoms with Gasteiger partial charge in [-0.25, -0.2) is 0 Å². The molecule has 6 nitrogen and oxygen atoms in total. The van der Waals surface area contributed by atoms with Crippen molar-refractivity contribution < 1.29 is 30.3 Å². The Morgan fingerprint density at radius 1 is 1.23 bits per heavy atom. The predicted molar refractivity (Wildman–Crippen MR) is 40.9 cm³/mol. The first-order valence-electron chi connectivity index (χ1n) is 4.02. The van der Waals surface area contributed by atoms with Crippen LogP contribution in [0.1, 0.15) is 0 Å². The Balaban J connectivity index is 2.58. The Hall–Kier alpha value is -0.240. The second-order valence-electron chi connectivity index (χ2n) is 3.10. The topological polar surface area (TPSA) is 110 Å². The van der Waals surface area contributed by atoms with Crippen LogP contribution in [-0.2, 0) is 4.74 Å². The van der Waals surface area contributed by atoms with E-state index in [9.17, 15) is 10.2 Å². The lowest BCUT2D eigenvalue weighted by atomic mass is 9.97. The molecule has 1 aliphatic rings. The summed E-state index contributed by atoms with van der Waals surface area (Å²) in [5.74, 6) is 0. The Morgan fingerprint density at radius 2 is 1.85 bits per heavy atom. The maximum Gasteiger partial charge on any atom is 0.114 e. The molecule has 0 unspecified atom stereocenters. The van der Waals surface area contributed by atoms with Crippen LogP contribution in [0.15, 0.2) is 0 Å². The minimum absolute atomic E-state index is 0.167. The van der Waals surface area contributed by atoms with Gasteiger partial charge in [-0.15, -0.1) is 0 Å². The van der Waals surface area contributed by atoms with Gasteiger partial charge in [-0.2, -0.15) is 0 Å². The van der Waals surface area contributed by atoms with Gasteiger partial charge in [-0.1, -0.05) is 0 Å². The van der Waals surface area contributed by atoms with E-state index < -0.39 is 37.1 Å². The minimum atomic E-state index is -1.38. The number of ether oxygens (including phenoxy) is 1. The molecule has 0 spiro atoms. The third-order valence-electron chi connectivity index (χ3n) is 2.11. The van der Waals surface area contributed by atoms with Crippen molar-refractivity contribution in [3.63, 3.8) is 0 Å². The van der Waals surface area contributed by atoms with Crippen LogP contribution in [0.4, 0.5) is 0 Å². The Morgan fingerprint density at radius 3 is 2.38 bits per heavy atom. The van der Waals surface area contributed by atoms with Crippen LogP contribution < -0.4 is 0 Å². The summed E-state index contributed by atoms with van der Waals surface area (Å²) < 4.78 is 4.86. The molecule has 0 bridgehead atoms. The van der Waals surface area contributed by atoms with Crippen molar-refractivity contribution in [2.75, 3.05) is 13.2 Å². The Kier molecular flexibility index (Phi) is 3.60. The van der Waals surface area contributed by atoms with Gasteiger partial charge in [0.2, 0.25) is 0 Å². The maximum atomic E-state index is 9.30. The lowest BCUT2D eigenvalue weighted by molar-refractivity contribution is -0.214. The maximum absolute atomic E-state index is 9.30. The smallest absolute Gasteiger partial charge is 0.114 e. The molecule has 0 aromatic rings. The Bertz CT molecular complexity index is 163.